The number of methoxy groups -OCH3 is 2. The van der Waals surface area contributed by atoms with Crippen molar-refractivity contribution in [1.29, 1.82) is 0 Å². The molecule has 0 aliphatic heterocycles. The van der Waals surface area contributed by atoms with Gasteiger partial charge in [0.2, 0.25) is 11.8 Å². The number of sulfonamides is 1. The van der Waals surface area contributed by atoms with Crippen molar-refractivity contribution < 1.29 is 31.9 Å². The zero-order valence-electron chi connectivity index (χ0n) is 26.8. The summed E-state index contributed by atoms with van der Waals surface area (Å²) in [7, 11) is -1.69. The normalized spacial score (nSPS) is 11.9. The monoisotopic (exact) mass is 715 g/mol. The van der Waals surface area contributed by atoms with Gasteiger partial charge < -0.3 is 19.7 Å². The number of carbonyl (C=O) groups is 2. The Morgan fingerprint density at radius 2 is 1.50 bits per heavy atom. The summed E-state index contributed by atoms with van der Waals surface area (Å²) in [5.74, 6) is -1.28. The lowest BCUT2D eigenvalue weighted by atomic mass is 10.0. The van der Waals surface area contributed by atoms with Crippen molar-refractivity contribution in [3.8, 4) is 11.5 Å². The molecule has 2 amide bonds. The van der Waals surface area contributed by atoms with Crippen LogP contribution < -0.4 is 19.1 Å². The quantitative estimate of drug-likeness (QED) is 0.160. The molecule has 0 heterocycles. The third-order valence-corrected chi connectivity index (χ3v) is 9.88. The SMILES string of the molecule is COc1ccc(S(=O)(=O)N(CC(=O)N(Cc2ccc(Cl)c(Cl)c2)[C@@H](Cc2ccccc2)C(=O)NC(C)C)c2ccc(F)cc2)cc1OC. The lowest BCUT2D eigenvalue weighted by molar-refractivity contribution is -0.140. The molecule has 4 aromatic carbocycles. The zero-order valence-corrected chi connectivity index (χ0v) is 29.2. The summed E-state index contributed by atoms with van der Waals surface area (Å²) in [6.07, 6.45) is 0.130. The number of hydrogen-bond acceptors (Lipinski definition) is 6. The van der Waals surface area contributed by atoms with Crippen LogP contribution in [0.2, 0.25) is 10.0 Å². The van der Waals surface area contributed by atoms with Crippen molar-refractivity contribution in [3.63, 3.8) is 0 Å². The maximum Gasteiger partial charge on any atom is 0.264 e. The van der Waals surface area contributed by atoms with Crippen molar-refractivity contribution in [3.05, 3.63) is 118 Å². The third-order valence-electron chi connectivity index (χ3n) is 7.38. The van der Waals surface area contributed by atoms with E-state index in [2.05, 4.69) is 5.32 Å². The van der Waals surface area contributed by atoms with Gasteiger partial charge in [-0.3, -0.25) is 13.9 Å². The Morgan fingerprint density at radius 3 is 2.10 bits per heavy atom. The maximum absolute atomic E-state index is 14.5. The fourth-order valence-electron chi connectivity index (χ4n) is 5.01. The highest BCUT2D eigenvalue weighted by Crippen LogP contribution is 2.33. The van der Waals surface area contributed by atoms with Crippen molar-refractivity contribution in [2.24, 2.45) is 0 Å². The van der Waals surface area contributed by atoms with Gasteiger partial charge in [-0.2, -0.15) is 0 Å². The number of amides is 2. The Bertz CT molecular complexity index is 1840. The van der Waals surface area contributed by atoms with Crippen molar-refractivity contribution in [2.45, 2.75) is 43.8 Å². The van der Waals surface area contributed by atoms with Gasteiger partial charge in [0.25, 0.3) is 10.0 Å². The Balaban J connectivity index is 1.84. The lowest BCUT2D eigenvalue weighted by Crippen LogP contribution is -2.54. The molecule has 1 atom stereocenters. The van der Waals surface area contributed by atoms with Gasteiger partial charge in [0.1, 0.15) is 18.4 Å². The van der Waals surface area contributed by atoms with E-state index in [0.717, 1.165) is 22.0 Å². The molecule has 13 heteroatoms. The van der Waals surface area contributed by atoms with Crippen LogP contribution in [-0.4, -0.2) is 58.0 Å². The number of benzene rings is 4. The predicted octanol–water partition coefficient (Wildman–Crippen LogP) is 6.51. The molecule has 4 aromatic rings. The smallest absolute Gasteiger partial charge is 0.264 e. The molecule has 0 bridgehead atoms. The number of halogens is 3. The van der Waals surface area contributed by atoms with Gasteiger partial charge in [0.05, 0.1) is 34.8 Å². The van der Waals surface area contributed by atoms with Gasteiger partial charge in [0, 0.05) is 25.1 Å². The molecular weight excluding hydrogens is 680 g/mol. The molecule has 254 valence electrons. The summed E-state index contributed by atoms with van der Waals surface area (Å²) in [5, 5.41) is 3.45. The van der Waals surface area contributed by atoms with E-state index < -0.39 is 40.2 Å². The van der Waals surface area contributed by atoms with E-state index in [4.69, 9.17) is 32.7 Å². The van der Waals surface area contributed by atoms with E-state index in [1.54, 1.807) is 32.0 Å². The topological polar surface area (TPSA) is 105 Å². The van der Waals surface area contributed by atoms with E-state index in [-0.39, 0.29) is 40.4 Å². The van der Waals surface area contributed by atoms with Crippen LogP contribution in [0.3, 0.4) is 0 Å². The van der Waals surface area contributed by atoms with Crippen LogP contribution in [0, 0.1) is 5.82 Å². The number of carbonyl (C=O) groups excluding carboxylic acids is 2. The van der Waals surface area contributed by atoms with E-state index in [0.29, 0.717) is 16.3 Å². The summed E-state index contributed by atoms with van der Waals surface area (Å²) in [6.45, 7) is 2.76. The zero-order chi connectivity index (χ0) is 35.0. The second-order valence-corrected chi connectivity index (χ2v) is 13.8. The average Bonchev–Trinajstić information content (AvgIpc) is 3.06. The summed E-state index contributed by atoms with van der Waals surface area (Å²) < 4.78 is 54.0. The third kappa shape index (κ3) is 8.97. The number of ether oxygens (including phenoxy) is 2. The van der Waals surface area contributed by atoms with Crippen molar-refractivity contribution >= 4 is 50.7 Å². The van der Waals surface area contributed by atoms with Crippen molar-refractivity contribution in [1.82, 2.24) is 10.2 Å². The van der Waals surface area contributed by atoms with Gasteiger partial charge in [0.15, 0.2) is 11.5 Å². The first kappa shape index (κ1) is 36.5. The molecule has 4 rings (SSSR count). The number of anilines is 1. The van der Waals surface area contributed by atoms with Crippen LogP contribution in [0.4, 0.5) is 10.1 Å². The molecule has 0 radical (unpaired) electrons. The summed E-state index contributed by atoms with van der Waals surface area (Å²) in [6, 6.07) is 21.4. The first-order valence-corrected chi connectivity index (χ1v) is 17.1. The minimum Gasteiger partial charge on any atom is -0.493 e. The van der Waals surface area contributed by atoms with E-state index in [9.17, 15) is 22.4 Å². The Kier molecular flexibility index (Phi) is 12.3. The molecule has 0 saturated carbocycles. The molecule has 0 aromatic heterocycles. The maximum atomic E-state index is 14.5. The Hall–Kier alpha value is -4.32. The second-order valence-electron chi connectivity index (χ2n) is 11.1. The van der Waals surface area contributed by atoms with Crippen LogP contribution in [0.25, 0.3) is 0 Å². The van der Waals surface area contributed by atoms with Crippen molar-refractivity contribution in [2.75, 3.05) is 25.1 Å². The molecule has 48 heavy (non-hydrogen) atoms. The summed E-state index contributed by atoms with van der Waals surface area (Å²) >= 11 is 12.5. The fraction of sp³-hybridized carbons (Fsp3) is 0.257. The summed E-state index contributed by atoms with van der Waals surface area (Å²) in [4.78, 5) is 29.5. The molecule has 0 spiro atoms. The van der Waals surface area contributed by atoms with Crippen LogP contribution in [0.5, 0.6) is 11.5 Å². The molecule has 9 nitrogen and oxygen atoms in total. The molecule has 0 aliphatic carbocycles. The highest BCUT2D eigenvalue weighted by molar-refractivity contribution is 7.92. The van der Waals surface area contributed by atoms with E-state index in [1.807, 2.05) is 30.3 Å². The summed E-state index contributed by atoms with van der Waals surface area (Å²) in [5.41, 5.74) is 1.37. The van der Waals surface area contributed by atoms with E-state index in [1.165, 1.54) is 49.5 Å². The molecular formula is C35H36Cl2FN3O6S. The molecule has 0 unspecified atom stereocenters. The number of nitrogens with one attached hydrogen (secondary N) is 1. The number of rotatable bonds is 14. The largest absolute Gasteiger partial charge is 0.493 e. The first-order chi connectivity index (χ1) is 22.8. The highest BCUT2D eigenvalue weighted by Gasteiger charge is 2.35. The van der Waals surface area contributed by atoms with E-state index >= 15 is 0 Å². The minimum absolute atomic E-state index is 0.0280. The van der Waals surface area contributed by atoms with Gasteiger partial charge in [-0.05, 0) is 73.5 Å². The van der Waals surface area contributed by atoms with Gasteiger partial charge in [-0.1, -0.05) is 59.6 Å². The number of hydrogen-bond donors (Lipinski definition) is 1. The van der Waals surface area contributed by atoms with Crippen LogP contribution in [0.15, 0.2) is 95.9 Å². The lowest BCUT2D eigenvalue weighted by Gasteiger charge is -2.34. The first-order valence-electron chi connectivity index (χ1n) is 14.9. The second kappa shape index (κ2) is 16.2. The van der Waals surface area contributed by atoms with Crippen LogP contribution in [0.1, 0.15) is 25.0 Å². The molecule has 0 fully saturated rings. The number of nitrogens with zero attached hydrogens (tertiary/aromatic N) is 2. The Morgan fingerprint density at radius 1 is 0.833 bits per heavy atom. The van der Waals surface area contributed by atoms with Gasteiger partial charge in [-0.15, -0.1) is 0 Å². The standard InChI is InChI=1S/C35H36Cl2FN3O6S/c1-23(2)39-35(43)31(19-24-8-6-5-7-9-24)40(21-25-10-16-29(36)30(37)18-25)34(42)22-41(27-13-11-26(38)12-14-27)48(44,45)28-15-17-32(46-3)33(20-28)47-4/h5-18,20,23,31H,19,21-22H2,1-4H3,(H,39,43)/t31-/m0/s1. The predicted molar refractivity (Wildman–Crippen MR) is 185 cm³/mol. The fourth-order valence-corrected chi connectivity index (χ4v) is 6.76. The van der Waals surface area contributed by atoms with Crippen LogP contribution >= 0.6 is 23.2 Å². The van der Waals surface area contributed by atoms with Crippen LogP contribution in [-0.2, 0) is 32.6 Å². The Labute approximate surface area is 290 Å². The van der Waals surface area contributed by atoms with Gasteiger partial charge >= 0.3 is 0 Å². The van der Waals surface area contributed by atoms with Gasteiger partial charge in [-0.25, -0.2) is 12.8 Å². The molecule has 0 saturated heterocycles. The minimum atomic E-state index is -4.47. The molecule has 0 aliphatic rings. The molecule has 1 N–H and O–H groups in total. The highest BCUT2D eigenvalue weighted by atomic mass is 35.5. The average molecular weight is 717 g/mol.